The molecule has 0 amide bonds. The van der Waals surface area contributed by atoms with Gasteiger partial charge >= 0.3 is 0 Å². The molecule has 2 rings (SSSR count). The largest absolute Gasteiger partial charge is 0.311 e. The van der Waals surface area contributed by atoms with E-state index < -0.39 is 0 Å². The lowest BCUT2D eigenvalue weighted by Crippen LogP contribution is -2.50. The lowest BCUT2D eigenvalue weighted by Gasteiger charge is -2.44. The van der Waals surface area contributed by atoms with Gasteiger partial charge in [0.1, 0.15) is 0 Å². The molecule has 2 aliphatic rings. The van der Waals surface area contributed by atoms with Crippen LogP contribution in [0.2, 0.25) is 0 Å². The Labute approximate surface area is 88.7 Å². The van der Waals surface area contributed by atoms with Gasteiger partial charge in [0.15, 0.2) is 0 Å². The summed E-state index contributed by atoms with van der Waals surface area (Å²) in [5.41, 5.74) is 0. The van der Waals surface area contributed by atoms with Crippen LogP contribution in [0.5, 0.6) is 0 Å². The van der Waals surface area contributed by atoms with Gasteiger partial charge in [-0.2, -0.15) is 0 Å². The minimum absolute atomic E-state index is 0.839. The minimum atomic E-state index is 0.839. The number of nitrogens with one attached hydrogen (secondary N) is 1. The van der Waals surface area contributed by atoms with E-state index in [0.717, 1.165) is 23.9 Å². The van der Waals surface area contributed by atoms with Gasteiger partial charge in [0.25, 0.3) is 0 Å². The maximum absolute atomic E-state index is 3.89. The molecule has 1 nitrogen and oxygen atoms in total. The highest BCUT2D eigenvalue weighted by atomic mass is 15.0. The SMILES string of the molecule is CCCC1CCC2C(C)CCCC2N1. The second-order valence-corrected chi connectivity index (χ2v) is 5.41. The van der Waals surface area contributed by atoms with E-state index in [1.165, 1.54) is 44.9 Å². The van der Waals surface area contributed by atoms with Crippen LogP contribution in [-0.2, 0) is 0 Å². The summed E-state index contributed by atoms with van der Waals surface area (Å²) in [5, 5.41) is 3.89. The number of fused-ring (bicyclic) bond motifs is 1. The van der Waals surface area contributed by atoms with Gasteiger partial charge in [0, 0.05) is 12.1 Å². The fraction of sp³-hybridized carbons (Fsp3) is 1.00. The van der Waals surface area contributed by atoms with Crippen LogP contribution in [-0.4, -0.2) is 12.1 Å². The Bertz CT molecular complexity index is 178. The highest BCUT2D eigenvalue weighted by Gasteiger charge is 2.34. The van der Waals surface area contributed by atoms with Crippen LogP contribution in [0.4, 0.5) is 0 Å². The van der Waals surface area contributed by atoms with Crippen molar-refractivity contribution in [1.29, 1.82) is 0 Å². The van der Waals surface area contributed by atoms with Gasteiger partial charge in [-0.05, 0) is 37.5 Å². The fourth-order valence-electron chi connectivity index (χ4n) is 3.53. The van der Waals surface area contributed by atoms with Crippen molar-refractivity contribution >= 4 is 0 Å². The maximum atomic E-state index is 3.89. The number of hydrogen-bond acceptors (Lipinski definition) is 1. The highest BCUT2D eigenvalue weighted by Crippen LogP contribution is 2.36. The molecule has 1 N–H and O–H groups in total. The summed E-state index contributed by atoms with van der Waals surface area (Å²) in [6.07, 6.45) is 10.0. The second kappa shape index (κ2) is 4.65. The molecule has 0 bridgehead atoms. The van der Waals surface area contributed by atoms with Crippen molar-refractivity contribution in [3.8, 4) is 0 Å². The summed E-state index contributed by atoms with van der Waals surface area (Å²) >= 11 is 0. The monoisotopic (exact) mass is 195 g/mol. The summed E-state index contributed by atoms with van der Waals surface area (Å²) in [6, 6.07) is 1.70. The Balaban J connectivity index is 1.89. The lowest BCUT2D eigenvalue weighted by molar-refractivity contribution is 0.122. The summed E-state index contributed by atoms with van der Waals surface area (Å²) in [6.45, 7) is 4.76. The van der Waals surface area contributed by atoms with E-state index in [2.05, 4.69) is 19.2 Å². The van der Waals surface area contributed by atoms with Crippen LogP contribution < -0.4 is 5.32 Å². The molecule has 1 aliphatic carbocycles. The van der Waals surface area contributed by atoms with Gasteiger partial charge < -0.3 is 5.32 Å². The topological polar surface area (TPSA) is 12.0 Å². The van der Waals surface area contributed by atoms with Gasteiger partial charge in [-0.1, -0.05) is 33.1 Å². The summed E-state index contributed by atoms with van der Waals surface area (Å²) < 4.78 is 0. The van der Waals surface area contributed by atoms with E-state index in [0.29, 0.717) is 0 Å². The van der Waals surface area contributed by atoms with Crippen LogP contribution >= 0.6 is 0 Å². The minimum Gasteiger partial charge on any atom is -0.311 e. The Morgan fingerprint density at radius 2 is 2.00 bits per heavy atom. The zero-order valence-corrected chi connectivity index (χ0v) is 9.76. The molecule has 14 heavy (non-hydrogen) atoms. The predicted octanol–water partition coefficient (Wildman–Crippen LogP) is 3.34. The van der Waals surface area contributed by atoms with Gasteiger partial charge in [-0.15, -0.1) is 0 Å². The fourth-order valence-corrected chi connectivity index (χ4v) is 3.53. The molecule has 1 saturated heterocycles. The average Bonchev–Trinajstić information content (AvgIpc) is 2.18. The van der Waals surface area contributed by atoms with Crippen molar-refractivity contribution in [3.05, 3.63) is 0 Å². The lowest BCUT2D eigenvalue weighted by atomic mass is 9.71. The quantitative estimate of drug-likeness (QED) is 0.712. The van der Waals surface area contributed by atoms with Crippen LogP contribution in [0, 0.1) is 11.8 Å². The van der Waals surface area contributed by atoms with Crippen molar-refractivity contribution in [2.24, 2.45) is 11.8 Å². The Morgan fingerprint density at radius 1 is 1.14 bits per heavy atom. The normalized spacial score (nSPS) is 43.3. The van der Waals surface area contributed by atoms with Gasteiger partial charge in [-0.3, -0.25) is 0 Å². The van der Waals surface area contributed by atoms with Crippen LogP contribution in [0.25, 0.3) is 0 Å². The van der Waals surface area contributed by atoms with Crippen molar-refractivity contribution in [2.45, 2.75) is 70.9 Å². The zero-order chi connectivity index (χ0) is 9.97. The third-order valence-corrected chi connectivity index (χ3v) is 4.36. The molecule has 1 heterocycles. The zero-order valence-electron chi connectivity index (χ0n) is 9.76. The van der Waals surface area contributed by atoms with Crippen molar-refractivity contribution < 1.29 is 0 Å². The van der Waals surface area contributed by atoms with E-state index in [9.17, 15) is 0 Å². The molecule has 4 atom stereocenters. The number of hydrogen-bond donors (Lipinski definition) is 1. The van der Waals surface area contributed by atoms with Gasteiger partial charge in [0.05, 0.1) is 0 Å². The molecule has 0 spiro atoms. The number of piperidine rings is 1. The molecule has 0 aromatic heterocycles. The predicted molar refractivity (Wildman–Crippen MR) is 61.4 cm³/mol. The van der Waals surface area contributed by atoms with Crippen molar-refractivity contribution in [2.75, 3.05) is 0 Å². The van der Waals surface area contributed by atoms with E-state index in [1.807, 2.05) is 0 Å². The molecule has 2 fully saturated rings. The molecular weight excluding hydrogens is 170 g/mol. The van der Waals surface area contributed by atoms with E-state index >= 15 is 0 Å². The maximum Gasteiger partial charge on any atom is 0.0100 e. The first kappa shape index (κ1) is 10.5. The molecule has 0 radical (unpaired) electrons. The summed E-state index contributed by atoms with van der Waals surface area (Å²) in [5.74, 6) is 1.97. The first-order chi connectivity index (χ1) is 6.81. The molecule has 1 aliphatic heterocycles. The van der Waals surface area contributed by atoms with E-state index in [4.69, 9.17) is 0 Å². The molecule has 82 valence electrons. The van der Waals surface area contributed by atoms with Crippen molar-refractivity contribution in [1.82, 2.24) is 5.32 Å². The highest BCUT2D eigenvalue weighted by molar-refractivity contribution is 4.91. The van der Waals surface area contributed by atoms with Crippen LogP contribution in [0.1, 0.15) is 58.8 Å². The van der Waals surface area contributed by atoms with E-state index in [-0.39, 0.29) is 0 Å². The number of rotatable bonds is 2. The molecule has 4 unspecified atom stereocenters. The third-order valence-electron chi connectivity index (χ3n) is 4.36. The molecule has 0 aromatic carbocycles. The van der Waals surface area contributed by atoms with Gasteiger partial charge in [-0.25, -0.2) is 0 Å². The Kier molecular flexibility index (Phi) is 3.48. The second-order valence-electron chi connectivity index (χ2n) is 5.41. The van der Waals surface area contributed by atoms with Crippen LogP contribution in [0.15, 0.2) is 0 Å². The smallest absolute Gasteiger partial charge is 0.0100 e. The first-order valence-electron chi connectivity index (χ1n) is 6.57. The van der Waals surface area contributed by atoms with Crippen LogP contribution in [0.3, 0.4) is 0 Å². The standard InChI is InChI=1S/C13H25N/c1-3-5-11-8-9-12-10(2)6-4-7-13(12)14-11/h10-14H,3-9H2,1-2H3. The summed E-state index contributed by atoms with van der Waals surface area (Å²) in [4.78, 5) is 0. The van der Waals surface area contributed by atoms with Crippen molar-refractivity contribution in [3.63, 3.8) is 0 Å². The molecule has 0 aromatic rings. The molecule has 1 saturated carbocycles. The third kappa shape index (κ3) is 2.13. The van der Waals surface area contributed by atoms with Gasteiger partial charge in [0.2, 0.25) is 0 Å². The Morgan fingerprint density at radius 3 is 2.79 bits per heavy atom. The summed E-state index contributed by atoms with van der Waals surface area (Å²) in [7, 11) is 0. The Hall–Kier alpha value is -0.0400. The molecule has 1 heteroatoms. The average molecular weight is 195 g/mol. The first-order valence-corrected chi connectivity index (χ1v) is 6.57. The van der Waals surface area contributed by atoms with E-state index in [1.54, 1.807) is 0 Å². The molecular formula is C13H25N.